The summed E-state index contributed by atoms with van der Waals surface area (Å²) in [4.78, 5) is 6.51. The Morgan fingerprint density at radius 1 is 1.42 bits per heavy atom. The smallest absolute Gasteiger partial charge is 0.111 e. The van der Waals surface area contributed by atoms with Gasteiger partial charge in [0.25, 0.3) is 0 Å². The van der Waals surface area contributed by atoms with Crippen molar-refractivity contribution in [3.05, 3.63) is 23.1 Å². The van der Waals surface area contributed by atoms with Gasteiger partial charge in [-0.05, 0) is 33.2 Å². The molecule has 0 N–H and O–H groups in total. The predicted molar refractivity (Wildman–Crippen MR) is 82.7 cm³/mol. The fourth-order valence-corrected chi connectivity index (χ4v) is 2.11. The Bertz CT molecular complexity index is 342. The van der Waals surface area contributed by atoms with E-state index in [-0.39, 0.29) is 0 Å². The maximum absolute atomic E-state index is 5.99. The van der Waals surface area contributed by atoms with Crippen molar-refractivity contribution in [2.75, 3.05) is 20.1 Å². The van der Waals surface area contributed by atoms with Crippen molar-refractivity contribution in [2.45, 2.75) is 45.6 Å². The highest BCUT2D eigenvalue weighted by atomic mass is 35.5. The molecule has 0 amide bonds. The van der Waals surface area contributed by atoms with Gasteiger partial charge in [0, 0.05) is 19.3 Å². The van der Waals surface area contributed by atoms with Gasteiger partial charge in [0.15, 0.2) is 0 Å². The van der Waals surface area contributed by atoms with Gasteiger partial charge in [-0.15, -0.1) is 0 Å². The topological polar surface area (TPSA) is 24.8 Å². The lowest BCUT2D eigenvalue weighted by atomic mass is 10.1. The summed E-state index contributed by atoms with van der Waals surface area (Å²) in [6.07, 6.45) is 9.96. The van der Waals surface area contributed by atoms with Crippen LogP contribution in [0.1, 0.15) is 39.5 Å². The lowest BCUT2D eigenvalue weighted by Crippen LogP contribution is -2.33. The molecule has 108 valence electrons. The molecule has 1 fully saturated rings. The summed E-state index contributed by atoms with van der Waals surface area (Å²) in [7, 11) is 2.15. The van der Waals surface area contributed by atoms with Crippen LogP contribution in [-0.4, -0.2) is 37.4 Å². The third kappa shape index (κ3) is 7.38. The van der Waals surface area contributed by atoms with Crippen LogP contribution in [0.15, 0.2) is 28.1 Å². The molecule has 3 nitrogen and oxygen atoms in total. The number of ether oxygens (including phenoxy) is 1. The summed E-state index contributed by atoms with van der Waals surface area (Å²) in [5.41, 5.74) is 0. The van der Waals surface area contributed by atoms with E-state index in [0.29, 0.717) is 11.1 Å². The molecule has 1 heterocycles. The Balaban J connectivity index is 2.34. The Hall–Kier alpha value is -0.800. The van der Waals surface area contributed by atoms with Crippen LogP contribution in [0.5, 0.6) is 0 Å². The molecule has 0 radical (unpaired) electrons. The molecule has 1 rings (SSSR count). The molecule has 0 unspecified atom stereocenters. The molecule has 0 atom stereocenters. The first-order valence-electron chi connectivity index (χ1n) is 7.02. The predicted octanol–water partition coefficient (Wildman–Crippen LogP) is 3.95. The van der Waals surface area contributed by atoms with Gasteiger partial charge in [-0.3, -0.25) is 4.99 Å². The monoisotopic (exact) mass is 284 g/mol. The minimum atomic E-state index is 0.328. The van der Waals surface area contributed by atoms with Gasteiger partial charge in [-0.2, -0.15) is 0 Å². The molecule has 0 aliphatic carbocycles. The van der Waals surface area contributed by atoms with Crippen molar-refractivity contribution < 1.29 is 4.74 Å². The molecular formula is C15H25ClN2O. The Morgan fingerprint density at radius 2 is 2.11 bits per heavy atom. The third-order valence-corrected chi connectivity index (χ3v) is 3.35. The van der Waals surface area contributed by atoms with E-state index in [9.17, 15) is 0 Å². The quantitative estimate of drug-likeness (QED) is 0.545. The van der Waals surface area contributed by atoms with Crippen LogP contribution in [0.4, 0.5) is 0 Å². The Labute approximate surface area is 122 Å². The standard InChI is InChI=1S/C15H25ClN2O/c1-4-5-6-14(16)12-17-11-13(2)19-15-7-9-18(3)10-8-15/h6,11-12,15H,4-5,7-10H2,1-3H3/b13-11+,14-6-,17-12-. The lowest BCUT2D eigenvalue weighted by Gasteiger charge is -2.29. The van der Waals surface area contributed by atoms with Crippen LogP contribution in [0, 0.1) is 0 Å². The number of likely N-dealkylation sites (tertiary alicyclic amines) is 1. The van der Waals surface area contributed by atoms with Crippen LogP contribution in [0.3, 0.4) is 0 Å². The molecule has 1 aliphatic rings. The number of aliphatic imine (C=N–C) groups is 1. The summed E-state index contributed by atoms with van der Waals surface area (Å²) in [6.45, 7) is 6.27. The van der Waals surface area contributed by atoms with E-state index in [1.807, 2.05) is 13.0 Å². The number of nitrogens with zero attached hydrogens (tertiary/aromatic N) is 2. The SMILES string of the molecule is CCC/C=C(Cl)/C=N\C=C(/C)OC1CCN(C)CC1. The van der Waals surface area contributed by atoms with Crippen LogP contribution >= 0.6 is 11.6 Å². The van der Waals surface area contributed by atoms with Crippen molar-refractivity contribution in [3.8, 4) is 0 Å². The summed E-state index contributed by atoms with van der Waals surface area (Å²) < 4.78 is 5.86. The van der Waals surface area contributed by atoms with Gasteiger partial charge >= 0.3 is 0 Å². The Kier molecular flexibility index (Phi) is 7.84. The summed E-state index contributed by atoms with van der Waals surface area (Å²) >= 11 is 5.99. The zero-order valence-electron chi connectivity index (χ0n) is 12.2. The zero-order chi connectivity index (χ0) is 14.1. The maximum Gasteiger partial charge on any atom is 0.111 e. The number of halogens is 1. The average molecular weight is 285 g/mol. The number of rotatable bonds is 6. The number of piperidine rings is 1. The van der Waals surface area contributed by atoms with Crippen LogP contribution < -0.4 is 0 Å². The number of unbranched alkanes of at least 4 members (excludes halogenated alkanes) is 1. The van der Waals surface area contributed by atoms with E-state index in [2.05, 4.69) is 23.9 Å². The highest BCUT2D eigenvalue weighted by molar-refractivity contribution is 6.39. The van der Waals surface area contributed by atoms with Crippen molar-refractivity contribution in [2.24, 2.45) is 4.99 Å². The Morgan fingerprint density at radius 3 is 2.74 bits per heavy atom. The molecule has 0 spiro atoms. The summed E-state index contributed by atoms with van der Waals surface area (Å²) in [6, 6.07) is 0. The fraction of sp³-hybridized carbons (Fsp3) is 0.667. The zero-order valence-corrected chi connectivity index (χ0v) is 13.0. The number of hydrogen-bond donors (Lipinski definition) is 0. The summed E-state index contributed by atoms with van der Waals surface area (Å²) in [5, 5.41) is 0.685. The first-order chi connectivity index (χ1) is 9.11. The first kappa shape index (κ1) is 16.3. The van der Waals surface area contributed by atoms with Crippen molar-refractivity contribution >= 4 is 17.8 Å². The van der Waals surface area contributed by atoms with Crippen LogP contribution in [0.2, 0.25) is 0 Å². The van der Waals surface area contributed by atoms with Gasteiger partial charge in [0.2, 0.25) is 0 Å². The normalized spacial score (nSPS) is 20.2. The minimum Gasteiger partial charge on any atom is -0.493 e. The highest BCUT2D eigenvalue weighted by Gasteiger charge is 2.17. The van der Waals surface area contributed by atoms with Gasteiger partial charge in [-0.25, -0.2) is 0 Å². The molecule has 4 heteroatoms. The van der Waals surface area contributed by atoms with Gasteiger partial charge in [0.1, 0.15) is 11.9 Å². The lowest BCUT2D eigenvalue weighted by molar-refractivity contribution is 0.0588. The first-order valence-corrected chi connectivity index (χ1v) is 7.40. The van der Waals surface area contributed by atoms with Gasteiger partial charge < -0.3 is 9.64 Å². The highest BCUT2D eigenvalue weighted by Crippen LogP contribution is 2.15. The van der Waals surface area contributed by atoms with E-state index in [0.717, 1.165) is 44.5 Å². The molecule has 0 bridgehead atoms. The van der Waals surface area contributed by atoms with Crippen LogP contribution in [-0.2, 0) is 4.74 Å². The van der Waals surface area contributed by atoms with Crippen molar-refractivity contribution in [3.63, 3.8) is 0 Å². The average Bonchev–Trinajstić information content (AvgIpc) is 2.39. The fourth-order valence-electron chi connectivity index (χ4n) is 1.94. The minimum absolute atomic E-state index is 0.328. The van der Waals surface area contributed by atoms with Crippen molar-refractivity contribution in [1.29, 1.82) is 0 Å². The second-order valence-corrected chi connectivity index (χ2v) is 5.45. The number of hydrogen-bond acceptors (Lipinski definition) is 3. The number of allylic oxidation sites excluding steroid dienone is 3. The molecule has 0 aromatic heterocycles. The van der Waals surface area contributed by atoms with E-state index in [4.69, 9.17) is 16.3 Å². The van der Waals surface area contributed by atoms with Gasteiger partial charge in [0.05, 0.1) is 11.2 Å². The van der Waals surface area contributed by atoms with Crippen LogP contribution in [0.25, 0.3) is 0 Å². The molecule has 1 saturated heterocycles. The van der Waals surface area contributed by atoms with E-state index in [1.165, 1.54) is 0 Å². The third-order valence-electron chi connectivity index (χ3n) is 3.10. The molecule has 0 saturated carbocycles. The molecule has 19 heavy (non-hydrogen) atoms. The molecule has 1 aliphatic heterocycles. The van der Waals surface area contributed by atoms with Gasteiger partial charge in [-0.1, -0.05) is 31.0 Å². The van der Waals surface area contributed by atoms with Crippen molar-refractivity contribution in [1.82, 2.24) is 4.90 Å². The van der Waals surface area contributed by atoms with E-state index >= 15 is 0 Å². The second-order valence-electron chi connectivity index (χ2n) is 5.02. The van der Waals surface area contributed by atoms with E-state index < -0.39 is 0 Å². The maximum atomic E-state index is 5.99. The molecular weight excluding hydrogens is 260 g/mol. The largest absolute Gasteiger partial charge is 0.493 e. The molecule has 0 aromatic carbocycles. The summed E-state index contributed by atoms with van der Waals surface area (Å²) in [5.74, 6) is 0.853. The molecule has 0 aromatic rings. The second kappa shape index (κ2) is 9.16. The van der Waals surface area contributed by atoms with E-state index in [1.54, 1.807) is 12.4 Å².